The van der Waals surface area contributed by atoms with Crippen molar-refractivity contribution in [3.63, 3.8) is 0 Å². The van der Waals surface area contributed by atoms with E-state index in [0.29, 0.717) is 12.8 Å². The zero-order valence-electron chi connectivity index (χ0n) is 6.10. The molecule has 3 nitrogen and oxygen atoms in total. The third-order valence-corrected chi connectivity index (χ3v) is 0.404. The standard InChI is InChI=1S/C4H7NO2.C2H6/c1-2-7-4(6)3-5;1-2/h3,5H,2H2,1H3;1-2H3. The highest BCUT2D eigenvalue weighted by Crippen LogP contribution is 1.68. The molecule has 0 aromatic heterocycles. The molecular weight excluding hydrogens is 118 g/mol. The number of carbonyl (C=O) groups excluding carboxylic acids is 1. The van der Waals surface area contributed by atoms with E-state index in [0.717, 1.165) is 0 Å². The van der Waals surface area contributed by atoms with Gasteiger partial charge in [-0.2, -0.15) is 0 Å². The predicted molar refractivity (Wildman–Crippen MR) is 36.8 cm³/mol. The average molecular weight is 131 g/mol. The highest BCUT2D eigenvalue weighted by molar-refractivity contribution is 6.21. The van der Waals surface area contributed by atoms with Gasteiger partial charge in [0.05, 0.1) is 6.61 Å². The first-order valence-electron chi connectivity index (χ1n) is 2.98. The summed E-state index contributed by atoms with van der Waals surface area (Å²) < 4.78 is 4.31. The Morgan fingerprint density at radius 3 is 2.22 bits per heavy atom. The summed E-state index contributed by atoms with van der Waals surface area (Å²) in [6.45, 7) is 6.04. The van der Waals surface area contributed by atoms with Gasteiger partial charge in [0.1, 0.15) is 6.21 Å². The topological polar surface area (TPSA) is 50.2 Å². The van der Waals surface area contributed by atoms with E-state index in [4.69, 9.17) is 5.41 Å². The number of hydrogen-bond donors (Lipinski definition) is 1. The molecule has 0 fully saturated rings. The average Bonchev–Trinajstić information content (AvgIpc) is 1.93. The van der Waals surface area contributed by atoms with Crippen molar-refractivity contribution in [2.24, 2.45) is 0 Å². The van der Waals surface area contributed by atoms with Crippen LogP contribution in [0, 0.1) is 5.41 Å². The number of hydrogen-bond acceptors (Lipinski definition) is 3. The van der Waals surface area contributed by atoms with Gasteiger partial charge in [0, 0.05) is 0 Å². The minimum atomic E-state index is -0.581. The number of rotatable bonds is 2. The van der Waals surface area contributed by atoms with E-state index in [1.165, 1.54) is 0 Å². The van der Waals surface area contributed by atoms with Crippen LogP contribution in [0.25, 0.3) is 0 Å². The molecule has 0 aromatic rings. The van der Waals surface area contributed by atoms with Crippen molar-refractivity contribution >= 4 is 12.2 Å². The maximum Gasteiger partial charge on any atom is 0.348 e. The molecule has 0 spiro atoms. The fourth-order valence-electron chi connectivity index (χ4n) is 0.184. The molecule has 0 saturated carbocycles. The second kappa shape index (κ2) is 10.2. The van der Waals surface area contributed by atoms with Crippen molar-refractivity contribution in [3.8, 4) is 0 Å². The second-order valence-electron chi connectivity index (χ2n) is 0.896. The molecule has 1 N–H and O–H groups in total. The number of ether oxygens (including phenoxy) is 1. The van der Waals surface area contributed by atoms with E-state index < -0.39 is 5.97 Å². The Kier molecular flexibility index (Phi) is 12.5. The Hall–Kier alpha value is -0.860. The molecule has 3 heteroatoms. The molecule has 0 rings (SSSR count). The van der Waals surface area contributed by atoms with Gasteiger partial charge in [-0.05, 0) is 6.92 Å². The van der Waals surface area contributed by atoms with Crippen molar-refractivity contribution in [1.29, 1.82) is 5.41 Å². The van der Waals surface area contributed by atoms with Gasteiger partial charge in [-0.3, -0.25) is 0 Å². The van der Waals surface area contributed by atoms with Crippen LogP contribution in [0.1, 0.15) is 20.8 Å². The fourth-order valence-corrected chi connectivity index (χ4v) is 0.184. The van der Waals surface area contributed by atoms with Crippen LogP contribution in [-0.4, -0.2) is 18.8 Å². The van der Waals surface area contributed by atoms with Crippen LogP contribution in [0.2, 0.25) is 0 Å². The minimum absolute atomic E-state index is 0.341. The second-order valence-corrected chi connectivity index (χ2v) is 0.896. The molecular formula is C6H13NO2. The van der Waals surface area contributed by atoms with Crippen molar-refractivity contribution in [2.75, 3.05) is 6.61 Å². The predicted octanol–water partition coefficient (Wildman–Crippen LogP) is 1.23. The van der Waals surface area contributed by atoms with Crippen LogP contribution >= 0.6 is 0 Å². The lowest BCUT2D eigenvalue weighted by molar-refractivity contribution is -0.134. The normalized spacial score (nSPS) is 6.56. The van der Waals surface area contributed by atoms with E-state index in [9.17, 15) is 4.79 Å². The van der Waals surface area contributed by atoms with Crippen LogP contribution in [0.4, 0.5) is 0 Å². The maximum atomic E-state index is 9.95. The van der Waals surface area contributed by atoms with Crippen LogP contribution in [0.3, 0.4) is 0 Å². The van der Waals surface area contributed by atoms with E-state index in [-0.39, 0.29) is 0 Å². The van der Waals surface area contributed by atoms with Crippen LogP contribution in [0.15, 0.2) is 0 Å². The van der Waals surface area contributed by atoms with E-state index in [2.05, 4.69) is 4.74 Å². The Morgan fingerprint density at radius 1 is 1.67 bits per heavy atom. The summed E-state index contributed by atoms with van der Waals surface area (Å²) in [6.07, 6.45) is 0.642. The van der Waals surface area contributed by atoms with Crippen molar-refractivity contribution < 1.29 is 9.53 Å². The molecule has 0 aliphatic heterocycles. The van der Waals surface area contributed by atoms with Crippen LogP contribution < -0.4 is 0 Å². The SMILES string of the molecule is CC.CCOC(=O)C=N. The van der Waals surface area contributed by atoms with Crippen molar-refractivity contribution in [2.45, 2.75) is 20.8 Å². The summed E-state index contributed by atoms with van der Waals surface area (Å²) in [6, 6.07) is 0. The summed E-state index contributed by atoms with van der Waals surface area (Å²) in [5.41, 5.74) is 0. The largest absolute Gasteiger partial charge is 0.462 e. The fraction of sp³-hybridized carbons (Fsp3) is 0.667. The van der Waals surface area contributed by atoms with Crippen molar-refractivity contribution in [1.82, 2.24) is 0 Å². The summed E-state index contributed by atoms with van der Waals surface area (Å²) in [4.78, 5) is 9.95. The van der Waals surface area contributed by atoms with Gasteiger partial charge in [0.15, 0.2) is 0 Å². The Labute approximate surface area is 55.5 Å². The Bertz CT molecular complexity index is 81.1. The highest BCUT2D eigenvalue weighted by atomic mass is 16.5. The molecule has 0 amide bonds. The number of carbonyl (C=O) groups is 1. The lowest BCUT2D eigenvalue weighted by Crippen LogP contribution is -2.02. The molecule has 0 atom stereocenters. The third kappa shape index (κ3) is 11.0. The molecule has 9 heavy (non-hydrogen) atoms. The zero-order chi connectivity index (χ0) is 7.70. The first-order valence-corrected chi connectivity index (χ1v) is 2.98. The van der Waals surface area contributed by atoms with E-state index >= 15 is 0 Å². The summed E-state index contributed by atoms with van der Waals surface area (Å²) >= 11 is 0. The lowest BCUT2D eigenvalue weighted by Gasteiger charge is -1.89. The first-order chi connectivity index (χ1) is 4.31. The molecule has 0 bridgehead atoms. The maximum absolute atomic E-state index is 9.95. The smallest absolute Gasteiger partial charge is 0.348 e. The molecule has 0 aromatic carbocycles. The van der Waals surface area contributed by atoms with Gasteiger partial charge in [0.2, 0.25) is 0 Å². The van der Waals surface area contributed by atoms with Gasteiger partial charge in [0.25, 0.3) is 0 Å². The van der Waals surface area contributed by atoms with Crippen LogP contribution in [0.5, 0.6) is 0 Å². The Morgan fingerprint density at radius 2 is 2.11 bits per heavy atom. The molecule has 0 radical (unpaired) electrons. The molecule has 0 aliphatic rings. The summed E-state index contributed by atoms with van der Waals surface area (Å²) in [5.74, 6) is -0.581. The molecule has 0 heterocycles. The van der Waals surface area contributed by atoms with Gasteiger partial charge < -0.3 is 10.1 Å². The molecule has 0 unspecified atom stereocenters. The quantitative estimate of drug-likeness (QED) is 0.452. The van der Waals surface area contributed by atoms with Gasteiger partial charge in [-0.1, -0.05) is 13.8 Å². The van der Waals surface area contributed by atoms with Crippen molar-refractivity contribution in [3.05, 3.63) is 0 Å². The number of esters is 1. The minimum Gasteiger partial charge on any atom is -0.462 e. The molecule has 54 valence electrons. The summed E-state index contributed by atoms with van der Waals surface area (Å²) in [7, 11) is 0. The van der Waals surface area contributed by atoms with Gasteiger partial charge in [-0.25, -0.2) is 4.79 Å². The van der Waals surface area contributed by atoms with E-state index in [1.54, 1.807) is 6.92 Å². The van der Waals surface area contributed by atoms with Crippen LogP contribution in [-0.2, 0) is 9.53 Å². The zero-order valence-corrected chi connectivity index (χ0v) is 6.10. The first kappa shape index (κ1) is 11.0. The summed E-state index contributed by atoms with van der Waals surface area (Å²) in [5, 5.41) is 6.31. The van der Waals surface area contributed by atoms with Gasteiger partial charge in [-0.15, -0.1) is 0 Å². The van der Waals surface area contributed by atoms with Gasteiger partial charge >= 0.3 is 5.97 Å². The molecule has 0 saturated heterocycles. The monoisotopic (exact) mass is 131 g/mol. The lowest BCUT2D eigenvalue weighted by atomic mass is 10.7. The number of nitrogens with one attached hydrogen (secondary N) is 1. The molecule has 0 aliphatic carbocycles. The third-order valence-electron chi connectivity index (χ3n) is 0.404. The highest BCUT2D eigenvalue weighted by Gasteiger charge is 1.88. The van der Waals surface area contributed by atoms with E-state index in [1.807, 2.05) is 13.8 Å². The Balaban J connectivity index is 0.